The van der Waals surface area contributed by atoms with Crippen LogP contribution in [-0.4, -0.2) is 105 Å². The van der Waals surface area contributed by atoms with Crippen LogP contribution in [0.5, 0.6) is 23.0 Å². The van der Waals surface area contributed by atoms with E-state index < -0.39 is 103 Å². The minimum Gasteiger partial charge on any atom is -0.497 e. The van der Waals surface area contributed by atoms with Crippen LogP contribution in [0.25, 0.3) is 22.3 Å². The SMILES string of the molecule is C=C[C@@H]1C[C@]1(NC(=O)[C@@H]1C[C@@H](Oc2cc(-c3csc(NC(C)C)n3)nc3cc(OC)ccc23)CN1C(=O)[C@@H](NC(=O)OC1CCCC1)C(C)(C)C)C(=O)NS(=O)(=O)Oc1ccccc1F.NS(=O)(=O)Oc1ccccc1F. The number of nitrogens with zero attached hydrogens (tertiary/aromatic N) is 3. The second kappa shape index (κ2) is 23.6. The fourth-order valence-electron chi connectivity index (χ4n) is 8.75. The first kappa shape index (κ1) is 57.5. The van der Waals surface area contributed by atoms with Gasteiger partial charge in [-0.1, -0.05) is 51.1 Å². The number of nitrogens with two attached hydrogens (primary N) is 1. The molecule has 2 aliphatic carbocycles. The number of fused-ring (bicyclic) bond motifs is 1. The van der Waals surface area contributed by atoms with Gasteiger partial charge in [0.05, 0.1) is 24.9 Å². The summed E-state index contributed by atoms with van der Waals surface area (Å²) in [5.41, 5.74) is -1.08. The highest BCUT2D eigenvalue weighted by Crippen LogP contribution is 2.45. The molecule has 6 N–H and O–H groups in total. The summed E-state index contributed by atoms with van der Waals surface area (Å²) in [6, 6.07) is 14.6. The number of alkyl carbamates (subject to hydrolysis) is 1. The maximum atomic E-state index is 14.9. The Morgan fingerprint density at radius 2 is 1.55 bits per heavy atom. The summed E-state index contributed by atoms with van der Waals surface area (Å²) in [4.78, 5) is 67.5. The molecular weight excluding hydrogens is 1070 g/mol. The van der Waals surface area contributed by atoms with Crippen LogP contribution in [0.15, 0.2) is 90.8 Å². The number of carbonyl (C=O) groups is 4. The van der Waals surface area contributed by atoms with Crippen molar-refractivity contribution in [2.45, 2.75) is 109 Å². The molecule has 1 saturated heterocycles. The van der Waals surface area contributed by atoms with Gasteiger partial charge in [0.1, 0.15) is 47.0 Å². The summed E-state index contributed by atoms with van der Waals surface area (Å²) in [5, 5.41) is 16.5. The summed E-state index contributed by atoms with van der Waals surface area (Å²) in [7, 11) is -7.53. The predicted molar refractivity (Wildman–Crippen MR) is 281 cm³/mol. The largest absolute Gasteiger partial charge is 0.497 e. The molecule has 3 heterocycles. The van der Waals surface area contributed by atoms with Crippen molar-refractivity contribution in [1.29, 1.82) is 0 Å². The van der Waals surface area contributed by atoms with Gasteiger partial charge in [0, 0.05) is 41.3 Å². The van der Waals surface area contributed by atoms with E-state index in [0.29, 0.717) is 51.8 Å². The first-order chi connectivity index (χ1) is 36.3. The Labute approximate surface area is 448 Å². The molecular formula is C51H60F2N8O13S3. The molecule has 5 aromatic rings. The lowest BCUT2D eigenvalue weighted by Gasteiger charge is -2.35. The van der Waals surface area contributed by atoms with E-state index in [1.807, 2.05) is 19.2 Å². The molecule has 21 nitrogen and oxygen atoms in total. The van der Waals surface area contributed by atoms with E-state index >= 15 is 0 Å². The second-order valence-corrected chi connectivity index (χ2v) is 23.2. The summed E-state index contributed by atoms with van der Waals surface area (Å²) >= 11 is 1.42. The monoisotopic (exact) mass is 1130 g/mol. The normalized spacial score (nSPS) is 19.8. The third-order valence-electron chi connectivity index (χ3n) is 12.6. The minimum absolute atomic E-state index is 0.0384. The number of halogens is 2. The topological polar surface area (TPSA) is 286 Å². The van der Waals surface area contributed by atoms with Gasteiger partial charge in [-0.15, -0.1) is 17.9 Å². The number of anilines is 1. The van der Waals surface area contributed by atoms with Crippen molar-refractivity contribution in [3.8, 4) is 34.4 Å². The fourth-order valence-corrected chi connectivity index (χ4v) is 10.8. The van der Waals surface area contributed by atoms with Gasteiger partial charge < -0.3 is 43.4 Å². The van der Waals surface area contributed by atoms with Crippen LogP contribution in [0.2, 0.25) is 0 Å². The van der Waals surface area contributed by atoms with Gasteiger partial charge >= 0.3 is 26.7 Å². The van der Waals surface area contributed by atoms with E-state index in [2.05, 4.69) is 31.9 Å². The van der Waals surface area contributed by atoms with Gasteiger partial charge in [0.25, 0.3) is 5.91 Å². The number of methoxy groups -OCH3 is 1. The standard InChI is InChI=1S/C45H54FN7O10S2.C6H6FNO3S/c1-8-26-22-45(26,41(56)52-65(58,59)63-36-16-12-11-15-31(36)46)51-39(54)35-20-29(23-53(35)40(55)38(44(4,5)6)50-43(57)62-27-13-9-10-14-27)61-37-21-33(34-24-64-42(49-34)47-25(2)3)48-32-19-28(60-7)17-18-30(32)37;7-5-3-1-2-4-6(5)11-12(8,9)10/h8,11-12,15-19,21,24-27,29,35,38H,1,9-10,13-14,20,22-23H2,2-7H3,(H,47,49)(H,50,57)(H,51,54)(H,52,56);1-4H,(H2,8,9,10)/t26-,29-,35+,38-,45-;/m1./s1. The molecule has 3 aliphatic rings. The number of nitrogens with one attached hydrogen (secondary N) is 4. The number of rotatable bonds is 18. The molecule has 0 radical (unpaired) electrons. The van der Waals surface area contributed by atoms with Crippen LogP contribution in [0.1, 0.15) is 73.1 Å². The Balaban J connectivity index is 0.000000633. The van der Waals surface area contributed by atoms with Gasteiger partial charge in [-0.3, -0.25) is 14.4 Å². The lowest BCUT2D eigenvalue weighted by molar-refractivity contribution is -0.143. The molecule has 5 atom stereocenters. The quantitative estimate of drug-likeness (QED) is 0.0573. The Bertz CT molecular complexity index is 3240. The molecule has 0 spiro atoms. The average molecular weight is 1130 g/mol. The average Bonchev–Trinajstić information content (AvgIpc) is 3.80. The number of likely N-dealkylation sites (tertiary alicyclic amines) is 1. The number of amides is 4. The second-order valence-electron chi connectivity index (χ2n) is 19.9. The third kappa shape index (κ3) is 14.7. The highest BCUT2D eigenvalue weighted by atomic mass is 32.2. The number of ether oxygens (including phenoxy) is 3. The minimum atomic E-state index is -4.93. The molecule has 8 rings (SSSR count). The van der Waals surface area contributed by atoms with Crippen LogP contribution in [-0.2, 0) is 39.7 Å². The number of hydrogen-bond acceptors (Lipinski definition) is 17. The van der Waals surface area contributed by atoms with Crippen molar-refractivity contribution in [2.75, 3.05) is 19.0 Å². The molecule has 0 bridgehead atoms. The van der Waals surface area contributed by atoms with E-state index in [1.54, 1.807) is 56.9 Å². The highest BCUT2D eigenvalue weighted by Gasteiger charge is 2.62. The van der Waals surface area contributed by atoms with Gasteiger partial charge in [0.15, 0.2) is 28.3 Å². The Hall–Kier alpha value is -7.16. The summed E-state index contributed by atoms with van der Waals surface area (Å²) in [6.07, 6.45) is 2.66. The predicted octanol–water partition coefficient (Wildman–Crippen LogP) is 6.67. The number of aromatic nitrogens is 2. The van der Waals surface area contributed by atoms with Crippen molar-refractivity contribution in [2.24, 2.45) is 16.5 Å². The number of hydrogen-bond donors (Lipinski definition) is 5. The molecule has 2 aromatic heterocycles. The summed E-state index contributed by atoms with van der Waals surface area (Å²) < 4.78 is 102. The van der Waals surface area contributed by atoms with Crippen molar-refractivity contribution in [3.63, 3.8) is 0 Å². The molecule has 77 heavy (non-hydrogen) atoms. The summed E-state index contributed by atoms with van der Waals surface area (Å²) in [6.45, 7) is 12.9. The van der Waals surface area contributed by atoms with Crippen LogP contribution in [0.3, 0.4) is 0 Å². The van der Waals surface area contributed by atoms with E-state index in [1.165, 1.54) is 52.6 Å². The Morgan fingerprint density at radius 1 is 0.896 bits per heavy atom. The Morgan fingerprint density at radius 3 is 2.13 bits per heavy atom. The third-order valence-corrected chi connectivity index (χ3v) is 14.6. The zero-order chi connectivity index (χ0) is 56.0. The first-order valence-corrected chi connectivity index (χ1v) is 28.1. The molecule has 3 aromatic carbocycles. The molecule has 0 unspecified atom stereocenters. The number of thiazole rings is 1. The van der Waals surface area contributed by atoms with Crippen LogP contribution in [0, 0.1) is 23.0 Å². The van der Waals surface area contributed by atoms with Crippen LogP contribution < -0.4 is 43.7 Å². The van der Waals surface area contributed by atoms with E-state index in [9.17, 15) is 44.8 Å². The molecule has 414 valence electrons. The van der Waals surface area contributed by atoms with Crippen molar-refractivity contribution < 1.29 is 67.4 Å². The number of para-hydroxylation sites is 2. The highest BCUT2D eigenvalue weighted by molar-refractivity contribution is 7.85. The maximum absolute atomic E-state index is 14.9. The first-order valence-electron chi connectivity index (χ1n) is 24.4. The molecule has 4 amide bonds. The van der Waals surface area contributed by atoms with Crippen molar-refractivity contribution in [1.82, 2.24) is 30.2 Å². The van der Waals surface area contributed by atoms with Crippen LogP contribution >= 0.6 is 11.3 Å². The lowest BCUT2D eigenvalue weighted by Crippen LogP contribution is -2.60. The number of carbonyl (C=O) groups excluding carboxylic acids is 4. The zero-order valence-corrected chi connectivity index (χ0v) is 45.4. The van der Waals surface area contributed by atoms with Crippen LogP contribution in [0.4, 0.5) is 18.7 Å². The van der Waals surface area contributed by atoms with Crippen molar-refractivity contribution >= 4 is 71.8 Å². The molecule has 26 heteroatoms. The molecule has 2 saturated carbocycles. The van der Waals surface area contributed by atoms with E-state index in [-0.39, 0.29) is 31.5 Å². The zero-order valence-electron chi connectivity index (χ0n) is 42.9. The van der Waals surface area contributed by atoms with E-state index in [0.717, 1.165) is 31.0 Å². The lowest BCUT2D eigenvalue weighted by atomic mass is 9.85. The molecule has 3 fully saturated rings. The van der Waals surface area contributed by atoms with Crippen molar-refractivity contribution in [3.05, 3.63) is 102 Å². The van der Waals surface area contributed by atoms with Gasteiger partial charge in [-0.05, 0) is 87.8 Å². The molecule has 1 aliphatic heterocycles. The maximum Gasteiger partial charge on any atom is 0.409 e. The van der Waals surface area contributed by atoms with Gasteiger partial charge in [-0.2, -0.15) is 22.0 Å². The van der Waals surface area contributed by atoms with Gasteiger partial charge in [-0.25, -0.2) is 28.3 Å². The van der Waals surface area contributed by atoms with E-state index in [4.69, 9.17) is 28.4 Å². The smallest absolute Gasteiger partial charge is 0.409 e. The number of benzene rings is 3. The number of pyridine rings is 1. The fraction of sp³-hybridized carbons (Fsp3) is 0.412. The summed E-state index contributed by atoms with van der Waals surface area (Å²) in [5.74, 6) is -5.14. The Kier molecular flexibility index (Phi) is 17.6. The van der Waals surface area contributed by atoms with Gasteiger partial charge in [0.2, 0.25) is 11.8 Å².